The average molecular weight is 326 g/mol. The highest BCUT2D eigenvalue weighted by atomic mass is 16.6. The summed E-state index contributed by atoms with van der Waals surface area (Å²) in [5, 5.41) is 0. The zero-order chi connectivity index (χ0) is 17.1. The van der Waals surface area contributed by atoms with Crippen LogP contribution in [0.25, 0.3) is 0 Å². The lowest BCUT2D eigenvalue weighted by molar-refractivity contribution is -0.155. The number of esters is 2. The van der Waals surface area contributed by atoms with Crippen LogP contribution in [0.5, 0.6) is 0 Å². The van der Waals surface area contributed by atoms with Gasteiger partial charge in [-0.2, -0.15) is 0 Å². The van der Waals surface area contributed by atoms with Gasteiger partial charge in [0.05, 0.1) is 0 Å². The van der Waals surface area contributed by atoms with Gasteiger partial charge in [0.1, 0.15) is 25.0 Å². The summed E-state index contributed by atoms with van der Waals surface area (Å²) < 4.78 is 17.0. The van der Waals surface area contributed by atoms with E-state index in [-0.39, 0.29) is 13.0 Å². The van der Waals surface area contributed by atoms with Crippen LogP contribution < -0.4 is 11.2 Å². The maximum Gasteiger partial charge on any atom is 0.330 e. The molecule has 0 unspecified atom stereocenters. The van der Waals surface area contributed by atoms with Crippen molar-refractivity contribution < 1.29 is 23.8 Å². The Morgan fingerprint density at radius 3 is 2.65 bits per heavy atom. The molecule has 0 bridgehead atoms. The van der Waals surface area contributed by atoms with Gasteiger partial charge in [-0.3, -0.25) is 23.9 Å². The van der Waals surface area contributed by atoms with Crippen molar-refractivity contribution in [2.75, 3.05) is 6.61 Å². The van der Waals surface area contributed by atoms with Gasteiger partial charge in [-0.25, -0.2) is 4.79 Å². The van der Waals surface area contributed by atoms with E-state index in [0.717, 1.165) is 0 Å². The third-order valence-corrected chi connectivity index (χ3v) is 3.40. The fourth-order valence-corrected chi connectivity index (χ4v) is 2.36. The third-order valence-electron chi connectivity index (χ3n) is 3.40. The second-order valence-corrected chi connectivity index (χ2v) is 5.29. The van der Waals surface area contributed by atoms with Gasteiger partial charge in [0.2, 0.25) is 0 Å². The van der Waals surface area contributed by atoms with Gasteiger partial charge in [0.15, 0.2) is 0 Å². The van der Waals surface area contributed by atoms with Gasteiger partial charge in [0, 0.05) is 32.0 Å². The van der Waals surface area contributed by atoms with Crippen LogP contribution in [0.4, 0.5) is 0 Å². The fourth-order valence-electron chi connectivity index (χ4n) is 2.36. The molecule has 2 rings (SSSR count). The molecule has 0 amide bonds. The summed E-state index contributed by atoms with van der Waals surface area (Å²) in [5.41, 5.74) is -0.752. The standard InChI is InChI=1S/C14H18N2O7/c1-7-5-16(14(20)15-13(7)19)12-4-10(22-9(3)18)11(23-12)6-21-8(2)17/h5,10-12H,4,6H2,1-3H3,(H,15,19,20)/t10-,11+,12+/m1/s1. The van der Waals surface area contributed by atoms with Crippen LogP contribution in [0.3, 0.4) is 0 Å². The van der Waals surface area contributed by atoms with Gasteiger partial charge >= 0.3 is 17.6 Å². The minimum Gasteiger partial charge on any atom is -0.463 e. The van der Waals surface area contributed by atoms with Crippen LogP contribution in [0.2, 0.25) is 0 Å². The van der Waals surface area contributed by atoms with E-state index >= 15 is 0 Å². The zero-order valence-corrected chi connectivity index (χ0v) is 13.0. The normalized spacial score (nSPS) is 23.5. The summed E-state index contributed by atoms with van der Waals surface area (Å²) in [4.78, 5) is 47.6. The van der Waals surface area contributed by atoms with Crippen molar-refractivity contribution in [3.8, 4) is 0 Å². The number of nitrogens with one attached hydrogen (secondary N) is 1. The predicted molar refractivity (Wildman–Crippen MR) is 76.8 cm³/mol. The summed E-state index contributed by atoms with van der Waals surface area (Å²) in [6, 6.07) is 0. The summed E-state index contributed by atoms with van der Waals surface area (Å²) in [5.74, 6) is -0.993. The number of aromatic amines is 1. The number of ether oxygens (including phenoxy) is 3. The molecule has 0 saturated carbocycles. The van der Waals surface area contributed by atoms with Gasteiger partial charge < -0.3 is 14.2 Å². The van der Waals surface area contributed by atoms with Crippen molar-refractivity contribution >= 4 is 11.9 Å². The molecular weight excluding hydrogens is 308 g/mol. The molecule has 9 heteroatoms. The zero-order valence-electron chi connectivity index (χ0n) is 13.0. The van der Waals surface area contributed by atoms with Crippen molar-refractivity contribution in [2.24, 2.45) is 0 Å². The number of rotatable bonds is 4. The number of carbonyl (C=O) groups is 2. The minimum atomic E-state index is -0.733. The lowest BCUT2D eigenvalue weighted by Crippen LogP contribution is -2.33. The Bertz CT molecular complexity index is 721. The lowest BCUT2D eigenvalue weighted by Gasteiger charge is -2.17. The van der Waals surface area contributed by atoms with Crippen LogP contribution in [0, 0.1) is 6.92 Å². The number of carbonyl (C=O) groups excluding carboxylic acids is 2. The average Bonchev–Trinajstić information content (AvgIpc) is 2.82. The number of aryl methyl sites for hydroxylation is 1. The Kier molecular flexibility index (Phi) is 4.99. The van der Waals surface area contributed by atoms with Gasteiger partial charge in [0.25, 0.3) is 5.56 Å². The first-order valence-electron chi connectivity index (χ1n) is 7.06. The smallest absolute Gasteiger partial charge is 0.330 e. The molecule has 0 radical (unpaired) electrons. The number of H-pyrrole nitrogens is 1. The molecule has 1 aliphatic rings. The van der Waals surface area contributed by atoms with Crippen LogP contribution in [-0.2, 0) is 23.8 Å². The molecule has 1 aromatic heterocycles. The molecule has 1 fully saturated rings. The minimum absolute atomic E-state index is 0.0964. The van der Waals surface area contributed by atoms with E-state index in [9.17, 15) is 19.2 Å². The van der Waals surface area contributed by atoms with Crippen molar-refractivity contribution in [1.29, 1.82) is 0 Å². The van der Waals surface area contributed by atoms with E-state index in [4.69, 9.17) is 14.2 Å². The first-order chi connectivity index (χ1) is 10.8. The Hall–Kier alpha value is -2.42. The monoisotopic (exact) mass is 326 g/mol. The number of nitrogens with zero attached hydrogens (tertiary/aromatic N) is 1. The highest BCUT2D eigenvalue weighted by molar-refractivity contribution is 5.66. The van der Waals surface area contributed by atoms with Crippen molar-refractivity contribution in [3.05, 3.63) is 32.6 Å². The molecule has 126 valence electrons. The van der Waals surface area contributed by atoms with E-state index < -0.39 is 41.6 Å². The first-order valence-corrected chi connectivity index (χ1v) is 7.06. The van der Waals surface area contributed by atoms with Crippen molar-refractivity contribution in [1.82, 2.24) is 9.55 Å². The van der Waals surface area contributed by atoms with Gasteiger partial charge in [-0.1, -0.05) is 0 Å². The number of hydrogen-bond donors (Lipinski definition) is 1. The highest BCUT2D eigenvalue weighted by Crippen LogP contribution is 2.30. The van der Waals surface area contributed by atoms with Gasteiger partial charge in [-0.15, -0.1) is 0 Å². The first kappa shape index (κ1) is 16.9. The molecule has 1 aliphatic heterocycles. The number of aromatic nitrogens is 2. The van der Waals surface area contributed by atoms with E-state index in [1.807, 2.05) is 0 Å². The van der Waals surface area contributed by atoms with Crippen LogP contribution in [0.1, 0.15) is 32.1 Å². The molecule has 1 N–H and O–H groups in total. The molecule has 3 atom stereocenters. The summed E-state index contributed by atoms with van der Waals surface area (Å²) >= 11 is 0. The third kappa shape index (κ3) is 4.07. The molecule has 1 aromatic rings. The number of hydrogen-bond acceptors (Lipinski definition) is 7. The van der Waals surface area contributed by atoms with E-state index in [2.05, 4.69) is 4.98 Å². The molecule has 0 spiro atoms. The van der Waals surface area contributed by atoms with Crippen LogP contribution >= 0.6 is 0 Å². The van der Waals surface area contributed by atoms with Crippen LogP contribution in [-0.4, -0.2) is 40.3 Å². The summed E-state index contributed by atoms with van der Waals surface area (Å²) in [6.45, 7) is 3.97. The van der Waals surface area contributed by atoms with Crippen LogP contribution in [0.15, 0.2) is 15.8 Å². The molecule has 0 aromatic carbocycles. The molecule has 23 heavy (non-hydrogen) atoms. The fraction of sp³-hybridized carbons (Fsp3) is 0.571. The second-order valence-electron chi connectivity index (χ2n) is 5.29. The molecule has 2 heterocycles. The summed E-state index contributed by atoms with van der Waals surface area (Å²) in [6.07, 6.45) is -0.493. The Morgan fingerprint density at radius 1 is 1.35 bits per heavy atom. The van der Waals surface area contributed by atoms with Gasteiger partial charge in [-0.05, 0) is 6.92 Å². The Morgan fingerprint density at radius 2 is 2.04 bits per heavy atom. The highest BCUT2D eigenvalue weighted by Gasteiger charge is 2.39. The SMILES string of the molecule is CC(=O)OC[C@@H]1O[C@H](n2cc(C)c(=O)[nH]c2=O)C[C@H]1OC(C)=O. The quantitative estimate of drug-likeness (QED) is 0.750. The molecule has 0 aliphatic carbocycles. The maximum absolute atomic E-state index is 11.9. The van der Waals surface area contributed by atoms with Crippen molar-refractivity contribution in [3.63, 3.8) is 0 Å². The lowest BCUT2D eigenvalue weighted by atomic mass is 10.2. The van der Waals surface area contributed by atoms with E-state index in [1.165, 1.54) is 24.6 Å². The second kappa shape index (κ2) is 6.78. The topological polar surface area (TPSA) is 117 Å². The maximum atomic E-state index is 11.9. The van der Waals surface area contributed by atoms with E-state index in [0.29, 0.717) is 5.56 Å². The van der Waals surface area contributed by atoms with E-state index in [1.54, 1.807) is 6.92 Å². The Labute approximate surface area is 131 Å². The van der Waals surface area contributed by atoms with Crippen molar-refractivity contribution in [2.45, 2.75) is 45.6 Å². The molecule has 1 saturated heterocycles. The molecule has 9 nitrogen and oxygen atoms in total. The Balaban J connectivity index is 2.23. The predicted octanol–water partition coefficient (Wildman–Crippen LogP) is -0.373. The summed E-state index contributed by atoms with van der Waals surface area (Å²) in [7, 11) is 0. The molecular formula is C14H18N2O7. The largest absolute Gasteiger partial charge is 0.463 e.